The van der Waals surface area contributed by atoms with E-state index in [2.05, 4.69) is 5.32 Å². The Morgan fingerprint density at radius 3 is 2.55 bits per heavy atom. The molecule has 0 aliphatic heterocycles. The van der Waals surface area contributed by atoms with E-state index in [-0.39, 0.29) is 23.6 Å². The molecule has 6 heteroatoms. The number of anilines is 1. The molecule has 0 atom stereocenters. The zero-order valence-electron chi connectivity index (χ0n) is 17.3. The van der Waals surface area contributed by atoms with Gasteiger partial charge in [-0.15, -0.1) is 0 Å². The second kappa shape index (κ2) is 7.32. The van der Waals surface area contributed by atoms with E-state index in [0.717, 1.165) is 33.0 Å². The van der Waals surface area contributed by atoms with E-state index in [4.69, 9.17) is 4.42 Å². The van der Waals surface area contributed by atoms with Crippen molar-refractivity contribution in [3.8, 4) is 5.69 Å². The van der Waals surface area contributed by atoms with E-state index in [0.29, 0.717) is 5.69 Å². The summed E-state index contributed by atoms with van der Waals surface area (Å²) < 4.78 is 8.98. The molecule has 1 amide bonds. The van der Waals surface area contributed by atoms with Crippen LogP contribution in [0.25, 0.3) is 27.4 Å². The van der Waals surface area contributed by atoms with Gasteiger partial charge in [0.1, 0.15) is 11.3 Å². The molecule has 0 saturated heterocycles. The van der Waals surface area contributed by atoms with Crippen molar-refractivity contribution in [3.05, 3.63) is 94.6 Å². The molecule has 3 aromatic carbocycles. The van der Waals surface area contributed by atoms with E-state index in [1.54, 1.807) is 22.7 Å². The number of para-hydroxylation sites is 1. The first-order valence-corrected chi connectivity index (χ1v) is 10.1. The standard InChI is InChI=1S/C25H21N3O3/c1-16-24(25(30)28(27(16)2)19-9-4-3-5-10-19)26-22(29)14-18-15-31-21-13-12-17-8-6-7-11-20(17)23(18)21/h3-13,15H,14H2,1-2H3,(H,26,29). The maximum atomic E-state index is 13.0. The summed E-state index contributed by atoms with van der Waals surface area (Å²) in [5.74, 6) is -0.262. The maximum absolute atomic E-state index is 13.0. The second-order valence-corrected chi connectivity index (χ2v) is 7.58. The van der Waals surface area contributed by atoms with Gasteiger partial charge in [-0.2, -0.15) is 0 Å². The summed E-state index contributed by atoms with van der Waals surface area (Å²) in [6, 6.07) is 21.3. The van der Waals surface area contributed by atoms with Gasteiger partial charge in [0.05, 0.1) is 24.1 Å². The Balaban J connectivity index is 1.49. The summed E-state index contributed by atoms with van der Waals surface area (Å²) in [5, 5.41) is 5.88. The number of carbonyl (C=O) groups is 1. The maximum Gasteiger partial charge on any atom is 0.295 e. The van der Waals surface area contributed by atoms with E-state index >= 15 is 0 Å². The highest BCUT2D eigenvalue weighted by Gasteiger charge is 2.19. The SMILES string of the molecule is Cc1c(NC(=O)Cc2coc3ccc4ccccc4c23)c(=O)n(-c2ccccc2)n1C. The zero-order chi connectivity index (χ0) is 21.5. The number of hydrogen-bond acceptors (Lipinski definition) is 3. The number of benzene rings is 3. The number of rotatable bonds is 4. The zero-order valence-corrected chi connectivity index (χ0v) is 17.3. The third-order valence-electron chi connectivity index (χ3n) is 5.71. The van der Waals surface area contributed by atoms with Gasteiger partial charge in [0.25, 0.3) is 5.56 Å². The lowest BCUT2D eigenvalue weighted by Crippen LogP contribution is -2.23. The van der Waals surface area contributed by atoms with E-state index in [1.165, 1.54) is 0 Å². The summed E-state index contributed by atoms with van der Waals surface area (Å²) in [5.41, 5.74) is 2.98. The van der Waals surface area contributed by atoms with Crippen molar-refractivity contribution >= 4 is 33.3 Å². The predicted octanol–water partition coefficient (Wildman–Crippen LogP) is 4.57. The minimum absolute atomic E-state index is 0.111. The van der Waals surface area contributed by atoms with Gasteiger partial charge in [0, 0.05) is 18.0 Å². The first kappa shape index (κ1) is 18.9. The van der Waals surface area contributed by atoms with Crippen LogP contribution in [0.4, 0.5) is 5.69 Å². The van der Waals surface area contributed by atoms with Crippen LogP contribution in [0, 0.1) is 6.92 Å². The summed E-state index contributed by atoms with van der Waals surface area (Å²) in [6.45, 7) is 1.82. The van der Waals surface area contributed by atoms with Crippen LogP contribution >= 0.6 is 0 Å². The van der Waals surface area contributed by atoms with Crippen molar-refractivity contribution in [2.45, 2.75) is 13.3 Å². The molecule has 0 radical (unpaired) electrons. The average molecular weight is 411 g/mol. The monoisotopic (exact) mass is 411 g/mol. The Hall–Kier alpha value is -4.06. The molecule has 0 unspecified atom stereocenters. The van der Waals surface area contributed by atoms with E-state index in [1.807, 2.05) is 73.7 Å². The van der Waals surface area contributed by atoms with Gasteiger partial charge in [0.2, 0.25) is 5.91 Å². The Labute approximate surface area is 178 Å². The van der Waals surface area contributed by atoms with Crippen LogP contribution < -0.4 is 10.9 Å². The van der Waals surface area contributed by atoms with Crippen LogP contribution in [-0.2, 0) is 18.3 Å². The first-order valence-electron chi connectivity index (χ1n) is 10.1. The number of carbonyl (C=O) groups excluding carboxylic acids is 1. The summed E-state index contributed by atoms with van der Waals surface area (Å²) in [6.07, 6.45) is 1.73. The number of furan rings is 1. The fourth-order valence-corrected chi connectivity index (χ4v) is 4.07. The first-order chi connectivity index (χ1) is 15.0. The summed E-state index contributed by atoms with van der Waals surface area (Å²) in [4.78, 5) is 26.0. The van der Waals surface area contributed by atoms with Crippen molar-refractivity contribution < 1.29 is 9.21 Å². The Kier molecular flexibility index (Phi) is 4.47. The molecule has 0 aliphatic rings. The van der Waals surface area contributed by atoms with Gasteiger partial charge in [-0.3, -0.25) is 14.3 Å². The lowest BCUT2D eigenvalue weighted by molar-refractivity contribution is -0.115. The molecule has 0 bridgehead atoms. The third-order valence-corrected chi connectivity index (χ3v) is 5.71. The van der Waals surface area contributed by atoms with Crippen molar-refractivity contribution in [2.75, 3.05) is 5.32 Å². The number of fused-ring (bicyclic) bond motifs is 3. The molecule has 5 rings (SSSR count). The van der Waals surface area contributed by atoms with Gasteiger partial charge < -0.3 is 9.73 Å². The minimum atomic E-state index is -0.262. The molecular formula is C25H21N3O3. The molecule has 0 fully saturated rings. The van der Waals surface area contributed by atoms with Crippen LogP contribution in [0.1, 0.15) is 11.3 Å². The number of hydrogen-bond donors (Lipinski definition) is 1. The smallest absolute Gasteiger partial charge is 0.295 e. The van der Waals surface area contributed by atoms with Crippen molar-refractivity contribution in [1.82, 2.24) is 9.36 Å². The molecular weight excluding hydrogens is 390 g/mol. The Bertz CT molecular complexity index is 1490. The highest BCUT2D eigenvalue weighted by molar-refractivity contribution is 6.09. The normalized spacial score (nSPS) is 11.3. The molecule has 154 valence electrons. The van der Waals surface area contributed by atoms with Crippen LogP contribution in [0.2, 0.25) is 0 Å². The van der Waals surface area contributed by atoms with Gasteiger partial charge >= 0.3 is 0 Å². The molecule has 0 aliphatic carbocycles. The number of amides is 1. The molecule has 2 heterocycles. The van der Waals surface area contributed by atoms with Crippen molar-refractivity contribution in [2.24, 2.45) is 7.05 Å². The predicted molar refractivity (Wildman–Crippen MR) is 122 cm³/mol. The summed E-state index contributed by atoms with van der Waals surface area (Å²) >= 11 is 0. The number of nitrogens with one attached hydrogen (secondary N) is 1. The molecule has 1 N–H and O–H groups in total. The van der Waals surface area contributed by atoms with Crippen LogP contribution in [0.5, 0.6) is 0 Å². The van der Waals surface area contributed by atoms with Gasteiger partial charge in [-0.05, 0) is 35.9 Å². The van der Waals surface area contributed by atoms with Crippen LogP contribution in [0.3, 0.4) is 0 Å². The van der Waals surface area contributed by atoms with Crippen LogP contribution in [0.15, 0.2) is 82.2 Å². The number of aromatic nitrogens is 2. The second-order valence-electron chi connectivity index (χ2n) is 7.58. The topological polar surface area (TPSA) is 69.2 Å². The molecule has 0 spiro atoms. The Morgan fingerprint density at radius 2 is 1.74 bits per heavy atom. The van der Waals surface area contributed by atoms with Crippen molar-refractivity contribution in [3.63, 3.8) is 0 Å². The molecule has 0 saturated carbocycles. The highest BCUT2D eigenvalue weighted by atomic mass is 16.3. The van der Waals surface area contributed by atoms with E-state index in [9.17, 15) is 9.59 Å². The molecule has 2 aromatic heterocycles. The average Bonchev–Trinajstić information content (AvgIpc) is 3.29. The van der Waals surface area contributed by atoms with Crippen LogP contribution in [-0.4, -0.2) is 15.3 Å². The van der Waals surface area contributed by atoms with Gasteiger partial charge in [0.15, 0.2) is 0 Å². The number of nitrogens with zero attached hydrogens (tertiary/aromatic N) is 2. The van der Waals surface area contributed by atoms with Gasteiger partial charge in [-0.25, -0.2) is 4.68 Å². The van der Waals surface area contributed by atoms with E-state index < -0.39 is 0 Å². The minimum Gasteiger partial charge on any atom is -0.464 e. The molecule has 5 aromatic rings. The highest BCUT2D eigenvalue weighted by Crippen LogP contribution is 2.30. The largest absolute Gasteiger partial charge is 0.464 e. The molecule has 31 heavy (non-hydrogen) atoms. The van der Waals surface area contributed by atoms with Gasteiger partial charge in [-0.1, -0.05) is 48.5 Å². The molecule has 6 nitrogen and oxygen atoms in total. The lowest BCUT2D eigenvalue weighted by Gasteiger charge is -2.07. The third kappa shape index (κ3) is 3.13. The lowest BCUT2D eigenvalue weighted by atomic mass is 10.0. The Morgan fingerprint density at radius 1 is 1.00 bits per heavy atom. The van der Waals surface area contributed by atoms with Crippen molar-refractivity contribution in [1.29, 1.82) is 0 Å². The quantitative estimate of drug-likeness (QED) is 0.471. The summed E-state index contributed by atoms with van der Waals surface area (Å²) in [7, 11) is 1.80. The fourth-order valence-electron chi connectivity index (χ4n) is 4.07. The fraction of sp³-hybridized carbons (Fsp3) is 0.120.